The molecule has 7 heteroatoms. The molecular weight excluding hydrogens is 277 g/mol. The number of nitrogens with zero attached hydrogens (tertiary/aromatic N) is 1. The predicted molar refractivity (Wildman–Crippen MR) is 72.8 cm³/mol. The minimum atomic E-state index is -1.13. The second-order valence-corrected chi connectivity index (χ2v) is 4.17. The molecule has 1 aromatic carbocycles. The monoisotopic (exact) mass is 289 g/mol. The van der Waals surface area contributed by atoms with E-state index >= 15 is 0 Å². The number of hydrogen-bond donors (Lipinski definition) is 3. The van der Waals surface area contributed by atoms with Crippen LogP contribution in [0.2, 0.25) is 0 Å². The molecule has 0 aliphatic rings. The van der Waals surface area contributed by atoms with E-state index in [0.29, 0.717) is 11.3 Å². The summed E-state index contributed by atoms with van der Waals surface area (Å²) in [4.78, 5) is 28.8. The quantitative estimate of drug-likeness (QED) is 0.728. The van der Waals surface area contributed by atoms with E-state index in [9.17, 15) is 14.0 Å². The largest absolute Gasteiger partial charge is 0.478 e. The molecule has 0 aliphatic heterocycles. The Balaban J connectivity index is 2.05. The SMILES string of the molecule is O=C(O)C=Cc1ccc(C(=O)NCc2cnc[nH]2)c(F)c1. The molecule has 3 N–H and O–H groups in total. The number of amides is 1. The fraction of sp³-hybridized carbons (Fsp3) is 0.0714. The summed E-state index contributed by atoms with van der Waals surface area (Å²) < 4.78 is 13.8. The van der Waals surface area contributed by atoms with Gasteiger partial charge in [0.1, 0.15) is 5.82 Å². The number of aliphatic carboxylic acids is 1. The van der Waals surface area contributed by atoms with Crippen LogP contribution in [0, 0.1) is 5.82 Å². The summed E-state index contributed by atoms with van der Waals surface area (Å²) in [5.74, 6) is -2.41. The highest BCUT2D eigenvalue weighted by Gasteiger charge is 2.11. The average Bonchev–Trinajstić information content (AvgIpc) is 2.96. The maximum Gasteiger partial charge on any atom is 0.328 e. The molecule has 1 amide bonds. The van der Waals surface area contributed by atoms with Gasteiger partial charge in [0.15, 0.2) is 0 Å². The number of aromatic nitrogens is 2. The molecule has 21 heavy (non-hydrogen) atoms. The topological polar surface area (TPSA) is 95.1 Å². The van der Waals surface area contributed by atoms with E-state index in [1.165, 1.54) is 24.5 Å². The summed E-state index contributed by atoms with van der Waals surface area (Å²) in [7, 11) is 0. The number of aromatic amines is 1. The van der Waals surface area contributed by atoms with Crippen LogP contribution >= 0.6 is 0 Å². The number of carboxylic acid groups (broad SMARTS) is 1. The lowest BCUT2D eigenvalue weighted by molar-refractivity contribution is -0.131. The Bertz CT molecular complexity index is 681. The van der Waals surface area contributed by atoms with Crippen molar-refractivity contribution in [3.05, 3.63) is 59.4 Å². The molecule has 0 spiro atoms. The number of benzene rings is 1. The van der Waals surface area contributed by atoms with E-state index in [-0.39, 0.29) is 12.1 Å². The molecule has 1 heterocycles. The van der Waals surface area contributed by atoms with Crippen LogP contribution in [0.25, 0.3) is 6.08 Å². The molecule has 0 unspecified atom stereocenters. The van der Waals surface area contributed by atoms with Crippen molar-refractivity contribution in [2.45, 2.75) is 6.54 Å². The van der Waals surface area contributed by atoms with E-state index < -0.39 is 17.7 Å². The van der Waals surface area contributed by atoms with Crippen LogP contribution < -0.4 is 5.32 Å². The van der Waals surface area contributed by atoms with Crippen molar-refractivity contribution in [2.75, 3.05) is 0 Å². The first kappa shape index (κ1) is 14.4. The molecular formula is C14H12FN3O3. The first-order valence-electron chi connectivity index (χ1n) is 6.02. The fourth-order valence-electron chi connectivity index (χ4n) is 1.64. The summed E-state index contributed by atoms with van der Waals surface area (Å²) in [6.45, 7) is 0.207. The van der Waals surface area contributed by atoms with Gasteiger partial charge in [-0.2, -0.15) is 0 Å². The highest BCUT2D eigenvalue weighted by molar-refractivity contribution is 5.94. The van der Waals surface area contributed by atoms with Crippen LogP contribution in [-0.4, -0.2) is 27.0 Å². The van der Waals surface area contributed by atoms with Crippen molar-refractivity contribution in [2.24, 2.45) is 0 Å². The number of imidazole rings is 1. The van der Waals surface area contributed by atoms with Crippen LogP contribution in [0.1, 0.15) is 21.6 Å². The Morgan fingerprint density at radius 3 is 2.86 bits per heavy atom. The molecule has 0 saturated heterocycles. The average molecular weight is 289 g/mol. The summed E-state index contributed by atoms with van der Waals surface area (Å²) >= 11 is 0. The molecule has 0 radical (unpaired) electrons. The second-order valence-electron chi connectivity index (χ2n) is 4.17. The maximum absolute atomic E-state index is 13.8. The summed E-state index contributed by atoms with van der Waals surface area (Å²) in [5.41, 5.74) is 0.951. The number of H-pyrrole nitrogens is 1. The number of rotatable bonds is 5. The Labute approximate surface area is 119 Å². The third-order valence-electron chi connectivity index (χ3n) is 2.65. The van der Waals surface area contributed by atoms with Crippen molar-refractivity contribution in [3.63, 3.8) is 0 Å². The summed E-state index contributed by atoms with van der Waals surface area (Å²) in [6, 6.07) is 3.87. The third-order valence-corrected chi connectivity index (χ3v) is 2.65. The van der Waals surface area contributed by atoms with Crippen LogP contribution in [0.5, 0.6) is 0 Å². The number of nitrogens with one attached hydrogen (secondary N) is 2. The minimum Gasteiger partial charge on any atom is -0.478 e. The Hall–Kier alpha value is -2.96. The molecule has 0 atom stereocenters. The predicted octanol–water partition coefficient (Wildman–Crippen LogP) is 1.58. The number of carbonyl (C=O) groups is 2. The number of hydrogen-bond acceptors (Lipinski definition) is 3. The first-order valence-corrected chi connectivity index (χ1v) is 6.02. The fourth-order valence-corrected chi connectivity index (χ4v) is 1.64. The molecule has 2 aromatic rings. The molecule has 2 rings (SSSR count). The van der Waals surface area contributed by atoms with E-state index in [0.717, 1.165) is 12.1 Å². The molecule has 0 fully saturated rings. The first-order chi connectivity index (χ1) is 10.1. The van der Waals surface area contributed by atoms with E-state index in [1.54, 1.807) is 6.20 Å². The van der Waals surface area contributed by atoms with Crippen molar-refractivity contribution >= 4 is 18.0 Å². The van der Waals surface area contributed by atoms with Gasteiger partial charge in [0.25, 0.3) is 5.91 Å². The van der Waals surface area contributed by atoms with Crippen molar-refractivity contribution in [1.29, 1.82) is 0 Å². The zero-order chi connectivity index (χ0) is 15.2. The minimum absolute atomic E-state index is 0.109. The summed E-state index contributed by atoms with van der Waals surface area (Å²) in [5, 5.41) is 11.0. The lowest BCUT2D eigenvalue weighted by Gasteiger charge is -2.05. The lowest BCUT2D eigenvalue weighted by Crippen LogP contribution is -2.24. The zero-order valence-electron chi connectivity index (χ0n) is 10.8. The van der Waals surface area contributed by atoms with Gasteiger partial charge >= 0.3 is 5.97 Å². The van der Waals surface area contributed by atoms with Gasteiger partial charge in [0.2, 0.25) is 0 Å². The normalized spacial score (nSPS) is 10.7. The van der Waals surface area contributed by atoms with Crippen molar-refractivity contribution < 1.29 is 19.1 Å². The van der Waals surface area contributed by atoms with Gasteiger partial charge < -0.3 is 15.4 Å². The van der Waals surface area contributed by atoms with Gasteiger partial charge in [-0.15, -0.1) is 0 Å². The molecule has 6 nitrogen and oxygen atoms in total. The number of halogens is 1. The van der Waals surface area contributed by atoms with Gasteiger partial charge in [0, 0.05) is 12.3 Å². The second kappa shape index (κ2) is 6.47. The standard InChI is InChI=1S/C14H12FN3O3/c15-12-5-9(2-4-13(19)20)1-3-11(12)14(21)17-7-10-6-16-8-18-10/h1-6,8H,7H2,(H,16,18)(H,17,21)(H,19,20). The van der Waals surface area contributed by atoms with Gasteiger partial charge in [-0.1, -0.05) is 6.07 Å². The molecule has 1 aromatic heterocycles. The summed E-state index contributed by atoms with van der Waals surface area (Å²) in [6.07, 6.45) is 5.17. The van der Waals surface area contributed by atoms with Crippen LogP contribution in [0.15, 0.2) is 36.8 Å². The van der Waals surface area contributed by atoms with Gasteiger partial charge in [-0.25, -0.2) is 14.2 Å². The Kier molecular flexibility index (Phi) is 4.45. The molecule has 0 bridgehead atoms. The van der Waals surface area contributed by atoms with E-state index in [4.69, 9.17) is 5.11 Å². The van der Waals surface area contributed by atoms with Crippen molar-refractivity contribution in [3.8, 4) is 0 Å². The van der Waals surface area contributed by atoms with E-state index in [2.05, 4.69) is 15.3 Å². The van der Waals surface area contributed by atoms with Crippen LogP contribution in [0.4, 0.5) is 4.39 Å². The number of carbonyl (C=O) groups excluding carboxylic acids is 1. The molecule has 0 saturated carbocycles. The highest BCUT2D eigenvalue weighted by atomic mass is 19.1. The third kappa shape index (κ3) is 4.00. The van der Waals surface area contributed by atoms with Gasteiger partial charge in [-0.05, 0) is 23.8 Å². The maximum atomic E-state index is 13.8. The molecule has 0 aliphatic carbocycles. The lowest BCUT2D eigenvalue weighted by atomic mass is 10.1. The zero-order valence-corrected chi connectivity index (χ0v) is 10.8. The van der Waals surface area contributed by atoms with E-state index in [1.807, 2.05) is 0 Å². The number of carboxylic acids is 1. The Morgan fingerprint density at radius 2 is 2.24 bits per heavy atom. The van der Waals surface area contributed by atoms with Crippen molar-refractivity contribution in [1.82, 2.24) is 15.3 Å². The van der Waals surface area contributed by atoms with Gasteiger partial charge in [-0.3, -0.25) is 4.79 Å². The van der Waals surface area contributed by atoms with Crippen LogP contribution in [0.3, 0.4) is 0 Å². The van der Waals surface area contributed by atoms with Gasteiger partial charge in [0.05, 0.1) is 24.1 Å². The smallest absolute Gasteiger partial charge is 0.328 e. The van der Waals surface area contributed by atoms with Crippen LogP contribution in [-0.2, 0) is 11.3 Å². The highest BCUT2D eigenvalue weighted by Crippen LogP contribution is 2.12. The molecule has 108 valence electrons. The Morgan fingerprint density at radius 1 is 1.43 bits per heavy atom.